The van der Waals surface area contributed by atoms with Crippen LogP contribution in [0.3, 0.4) is 0 Å². The lowest BCUT2D eigenvalue weighted by molar-refractivity contribution is 0.0586. The minimum absolute atomic E-state index is 0.405. The summed E-state index contributed by atoms with van der Waals surface area (Å²) in [6.45, 7) is 12.2. The number of carbonyl (C=O) groups excluding carboxylic acids is 4. The van der Waals surface area contributed by atoms with Gasteiger partial charge in [-0.25, -0.2) is 19.2 Å². The van der Waals surface area contributed by atoms with Crippen molar-refractivity contribution in [3.63, 3.8) is 0 Å². The zero-order valence-corrected chi connectivity index (χ0v) is 57.1. The normalized spacial score (nSPS) is 11.4. The number of hydrogen-bond acceptors (Lipinski definition) is 16. The van der Waals surface area contributed by atoms with Crippen LogP contribution < -0.4 is 0 Å². The second-order valence-electron chi connectivity index (χ2n) is 21.9. The van der Waals surface area contributed by atoms with Gasteiger partial charge in [0.1, 0.15) is 0 Å². The molecule has 0 saturated carbocycles. The van der Waals surface area contributed by atoms with E-state index >= 15 is 0 Å². The first kappa shape index (κ1) is 60.7. The van der Waals surface area contributed by atoms with Gasteiger partial charge in [0, 0.05) is 99.6 Å². The van der Waals surface area contributed by atoms with Crippen LogP contribution in [0.25, 0.3) is 121 Å². The third-order valence-corrected chi connectivity index (χ3v) is 25.5. The quantitative estimate of drug-likeness (QED) is 0.0880. The van der Waals surface area contributed by atoms with E-state index < -0.39 is 23.9 Å². The van der Waals surface area contributed by atoms with Crippen molar-refractivity contribution in [1.82, 2.24) is 0 Å². The Balaban J connectivity index is 0.000000165. The van der Waals surface area contributed by atoms with Gasteiger partial charge < -0.3 is 18.9 Å². The summed E-state index contributed by atoms with van der Waals surface area (Å²) in [5.41, 5.74) is 10.7. The molecular weight excluding hydrogens is 1270 g/mol. The summed E-state index contributed by atoms with van der Waals surface area (Å²) < 4.78 is 26.1. The van der Waals surface area contributed by atoms with Crippen LogP contribution in [0.15, 0.2) is 158 Å². The van der Waals surface area contributed by atoms with Crippen molar-refractivity contribution < 1.29 is 38.1 Å². The maximum atomic E-state index is 13.6. The van der Waals surface area contributed by atoms with E-state index in [0.717, 1.165) is 58.5 Å². The molecule has 8 nitrogen and oxygen atoms in total. The summed E-state index contributed by atoms with van der Waals surface area (Å²) >= 11 is 13.4. The molecule has 0 aliphatic heterocycles. The molecular formula is C74H56O8S8. The lowest BCUT2D eigenvalue weighted by atomic mass is 9.86. The monoisotopic (exact) mass is 1330 g/mol. The third-order valence-electron chi connectivity index (χ3n) is 15.9. The molecule has 14 rings (SSSR count). The predicted molar refractivity (Wildman–Crippen MR) is 383 cm³/mol. The van der Waals surface area contributed by atoms with Gasteiger partial charge in [0.2, 0.25) is 0 Å². The van der Waals surface area contributed by atoms with Crippen molar-refractivity contribution in [2.75, 3.05) is 28.4 Å². The van der Waals surface area contributed by atoms with Gasteiger partial charge in [0.25, 0.3) is 0 Å². The Morgan fingerprint density at radius 2 is 0.522 bits per heavy atom. The number of aryl methyl sites for hydroxylation is 4. The predicted octanol–water partition coefficient (Wildman–Crippen LogP) is 22.8. The molecule has 0 spiro atoms. The minimum Gasteiger partial charge on any atom is -0.465 e. The van der Waals surface area contributed by atoms with Crippen LogP contribution in [0.2, 0.25) is 0 Å². The molecule has 0 aliphatic rings. The first-order valence-corrected chi connectivity index (χ1v) is 35.1. The highest BCUT2D eigenvalue weighted by atomic mass is 32.1. The number of thiophene rings is 8. The second kappa shape index (κ2) is 24.9. The number of benzene rings is 6. The number of methoxy groups -OCH3 is 4. The summed E-state index contributed by atoms with van der Waals surface area (Å²) in [7, 11) is 5.57. The third kappa shape index (κ3) is 11.5. The van der Waals surface area contributed by atoms with Crippen molar-refractivity contribution in [2.24, 2.45) is 0 Å². The second-order valence-corrected chi connectivity index (χ2v) is 30.6. The fraction of sp³-hybridized carbons (Fsp3) is 0.135. The molecule has 0 fully saturated rings. The highest BCUT2D eigenvalue weighted by Crippen LogP contribution is 2.50. The van der Waals surface area contributed by atoms with Crippen LogP contribution in [0.1, 0.15) is 74.8 Å². The number of rotatable bonds is 12. The SMILES string of the molecule is COC(=O)c1c(C)c(-c2ccc(-c3cc4cc(C)ccc4s3)s2)c(C(=O)OC)c(C)c1-c1ccc(-c2cc3cc(C)ccc3s2)s1.COC(=O)c1cc(-c2ccc(-c3cc4cc(C)ccc4s3)s2)c(C(=O)OC)cc1-c1ccc(-c2cc3cc(C)ccc3s2)s1. The summed E-state index contributed by atoms with van der Waals surface area (Å²) in [5, 5.41) is 4.87. The van der Waals surface area contributed by atoms with Gasteiger partial charge in [-0.05, 0) is 183 Å². The highest BCUT2D eigenvalue weighted by molar-refractivity contribution is 7.29. The van der Waals surface area contributed by atoms with E-state index in [1.165, 1.54) is 91.0 Å². The number of carbonyl (C=O) groups is 4. The van der Waals surface area contributed by atoms with Crippen LogP contribution in [0.4, 0.5) is 0 Å². The molecule has 0 unspecified atom stereocenters. The van der Waals surface area contributed by atoms with Gasteiger partial charge >= 0.3 is 23.9 Å². The Hall–Kier alpha value is -8.16. The van der Waals surface area contributed by atoms with Gasteiger partial charge in [0.05, 0.1) is 50.7 Å². The first-order valence-electron chi connectivity index (χ1n) is 28.6. The number of ether oxygens (including phenoxy) is 4. The van der Waals surface area contributed by atoms with E-state index in [2.05, 4.69) is 149 Å². The fourth-order valence-corrected chi connectivity index (χ4v) is 20.3. The van der Waals surface area contributed by atoms with Crippen molar-refractivity contribution in [3.8, 4) is 80.8 Å². The Bertz CT molecular complexity index is 4880. The van der Waals surface area contributed by atoms with E-state index in [0.29, 0.717) is 55.6 Å². The summed E-state index contributed by atoms with van der Waals surface area (Å²) in [5.74, 6) is -1.78. The van der Waals surface area contributed by atoms with Crippen LogP contribution in [0.5, 0.6) is 0 Å². The van der Waals surface area contributed by atoms with Crippen molar-refractivity contribution >= 4 is 155 Å². The van der Waals surface area contributed by atoms with E-state index in [9.17, 15) is 19.2 Å². The molecule has 0 N–H and O–H groups in total. The maximum Gasteiger partial charge on any atom is 0.338 e. The molecule has 6 aromatic carbocycles. The van der Waals surface area contributed by atoms with Gasteiger partial charge in [-0.2, -0.15) is 0 Å². The Morgan fingerprint density at radius 1 is 0.267 bits per heavy atom. The van der Waals surface area contributed by atoms with Crippen LogP contribution >= 0.6 is 90.7 Å². The van der Waals surface area contributed by atoms with E-state index in [1.54, 1.807) is 103 Å². The van der Waals surface area contributed by atoms with Crippen LogP contribution in [0, 0.1) is 41.5 Å². The van der Waals surface area contributed by atoms with E-state index in [4.69, 9.17) is 18.9 Å². The topological polar surface area (TPSA) is 105 Å². The van der Waals surface area contributed by atoms with Crippen molar-refractivity contribution in [1.29, 1.82) is 0 Å². The van der Waals surface area contributed by atoms with Crippen molar-refractivity contribution in [3.05, 3.63) is 213 Å². The minimum atomic E-state index is -0.457. The summed E-state index contributed by atoms with van der Waals surface area (Å²) in [6, 6.07) is 54.8. The molecule has 90 heavy (non-hydrogen) atoms. The first-order chi connectivity index (χ1) is 43.5. The molecule has 0 amide bonds. The van der Waals surface area contributed by atoms with Gasteiger partial charge in [-0.15, -0.1) is 90.7 Å². The molecule has 8 aromatic heterocycles. The highest BCUT2D eigenvalue weighted by Gasteiger charge is 2.32. The fourth-order valence-electron chi connectivity index (χ4n) is 11.5. The Kier molecular flexibility index (Phi) is 16.8. The van der Waals surface area contributed by atoms with Crippen LogP contribution in [-0.4, -0.2) is 52.3 Å². The lowest BCUT2D eigenvalue weighted by Gasteiger charge is -2.21. The largest absolute Gasteiger partial charge is 0.465 e. The molecule has 0 atom stereocenters. The Morgan fingerprint density at radius 3 is 0.800 bits per heavy atom. The van der Waals surface area contributed by atoms with Crippen LogP contribution in [-0.2, 0) is 18.9 Å². The Labute approximate surface area is 552 Å². The van der Waals surface area contributed by atoms with Gasteiger partial charge in [-0.3, -0.25) is 0 Å². The zero-order valence-electron chi connectivity index (χ0n) is 50.5. The molecule has 0 aliphatic carbocycles. The van der Waals surface area contributed by atoms with E-state index in [1.807, 2.05) is 38.1 Å². The standard InChI is InChI=1S/C38H30O4S4.C36H26O4S4/c1-19-7-9-25-23(15-19)17-31(43-25)27-11-13-29(45-27)33-21(3)36(38(40)42-6)34(22(4)35(33)37(39)41-5)30-14-12-28(46-30)32-18-24-16-20(2)8-10-26(24)44-32;1-19-5-7-27-21(13-19)15-33(41-27)31-11-9-29(43-31)23-17-26(36(38)40-4)24(18-25(23)35(37)39-3)30-10-12-32(44-30)34-16-22-14-20(2)6-8-28(22)42-34/h7-18H,1-6H3;5-18H,1-4H3. The van der Waals surface area contributed by atoms with Crippen molar-refractivity contribution in [2.45, 2.75) is 41.5 Å². The zero-order chi connectivity index (χ0) is 62.8. The molecule has 0 bridgehead atoms. The van der Waals surface area contributed by atoms with Gasteiger partial charge in [-0.1, -0.05) is 70.8 Å². The summed E-state index contributed by atoms with van der Waals surface area (Å²) in [6.07, 6.45) is 0. The number of esters is 4. The van der Waals surface area contributed by atoms with Gasteiger partial charge in [0.15, 0.2) is 0 Å². The molecule has 0 radical (unpaired) electrons. The maximum absolute atomic E-state index is 13.6. The number of fused-ring (bicyclic) bond motifs is 4. The molecule has 448 valence electrons. The van der Waals surface area contributed by atoms with E-state index in [-0.39, 0.29) is 0 Å². The molecule has 14 aromatic rings. The lowest BCUT2D eigenvalue weighted by Crippen LogP contribution is -2.14. The molecule has 8 heterocycles. The smallest absolute Gasteiger partial charge is 0.338 e. The average Bonchev–Trinajstić information content (AvgIpc) is 1.05. The average molecular weight is 1330 g/mol. The number of hydrogen-bond donors (Lipinski definition) is 0. The molecule has 16 heteroatoms. The molecule has 0 saturated heterocycles. The summed E-state index contributed by atoms with van der Waals surface area (Å²) in [4.78, 5) is 66.1.